The molecular formula is C24H28F3N7O3. The molecule has 0 radical (unpaired) electrons. The molecule has 2 aliphatic heterocycles. The van der Waals surface area contributed by atoms with Crippen molar-refractivity contribution < 1.29 is 27.8 Å². The molecule has 1 aliphatic carbocycles. The van der Waals surface area contributed by atoms with Crippen molar-refractivity contribution in [2.45, 2.75) is 31.1 Å². The summed E-state index contributed by atoms with van der Waals surface area (Å²) in [6.07, 6.45) is -0.278. The van der Waals surface area contributed by atoms with Crippen LogP contribution in [-0.2, 0) is 15.7 Å². The van der Waals surface area contributed by atoms with E-state index >= 15 is 0 Å². The Bertz CT molecular complexity index is 1260. The van der Waals surface area contributed by atoms with E-state index in [1.165, 1.54) is 0 Å². The van der Waals surface area contributed by atoms with Crippen LogP contribution in [0.15, 0.2) is 24.5 Å². The molecule has 13 heteroatoms. The van der Waals surface area contributed by atoms with Gasteiger partial charge in [0.05, 0.1) is 24.9 Å². The lowest BCUT2D eigenvalue weighted by Gasteiger charge is -2.27. The smallest absolute Gasteiger partial charge is 0.419 e. The summed E-state index contributed by atoms with van der Waals surface area (Å²) in [6, 6.07) is 3.55. The largest absolute Gasteiger partial charge is 0.483 e. The highest BCUT2D eigenvalue weighted by Crippen LogP contribution is 2.44. The number of halogens is 3. The Morgan fingerprint density at radius 3 is 2.65 bits per heavy atom. The second-order valence-electron chi connectivity index (χ2n) is 9.42. The van der Waals surface area contributed by atoms with E-state index in [2.05, 4.69) is 30.2 Å². The molecule has 198 valence electrons. The van der Waals surface area contributed by atoms with Crippen LogP contribution >= 0.6 is 0 Å². The van der Waals surface area contributed by atoms with Crippen LogP contribution in [0.4, 0.5) is 19.0 Å². The Kier molecular flexibility index (Phi) is 7.01. The number of nitrogens with one attached hydrogen (secondary N) is 2. The Morgan fingerprint density at radius 1 is 1.16 bits per heavy atom. The summed E-state index contributed by atoms with van der Waals surface area (Å²) in [5, 5.41) is 10.9. The monoisotopic (exact) mass is 519 g/mol. The number of pyridine rings is 1. The molecule has 3 aliphatic rings. The van der Waals surface area contributed by atoms with Crippen molar-refractivity contribution in [1.82, 2.24) is 25.3 Å². The third-order valence-corrected chi connectivity index (χ3v) is 7.44. The quantitative estimate of drug-likeness (QED) is 0.384. The predicted octanol–water partition coefficient (Wildman–Crippen LogP) is 2.57. The molecule has 1 saturated carbocycles. The molecule has 3 aromatic rings. The highest BCUT2D eigenvalue weighted by Gasteiger charge is 2.45. The topological polar surface area (TPSA) is 142 Å². The van der Waals surface area contributed by atoms with Crippen LogP contribution in [0.25, 0.3) is 22.3 Å². The summed E-state index contributed by atoms with van der Waals surface area (Å²) in [5.74, 6) is 1.69. The Labute approximate surface area is 210 Å². The SMILES string of the molecule is NC1CCC2C(c3ncc(C(F)(F)F)c(-c4c[nH]c5nc(N6CCOCC6)ccc45)n3)NCC12.O=CO. The molecule has 37 heavy (non-hydrogen) atoms. The van der Waals surface area contributed by atoms with Gasteiger partial charge in [-0.25, -0.2) is 15.0 Å². The molecule has 2 saturated heterocycles. The lowest BCUT2D eigenvalue weighted by Crippen LogP contribution is -2.36. The number of carbonyl (C=O) groups is 1. The molecule has 0 amide bonds. The fraction of sp³-hybridized carbons (Fsp3) is 0.500. The third-order valence-electron chi connectivity index (χ3n) is 7.44. The normalized spacial score (nSPS) is 25.6. The number of aromatic amines is 1. The highest BCUT2D eigenvalue weighted by molar-refractivity contribution is 5.94. The van der Waals surface area contributed by atoms with Crippen molar-refractivity contribution in [2.24, 2.45) is 17.6 Å². The van der Waals surface area contributed by atoms with E-state index in [0.29, 0.717) is 41.6 Å². The molecule has 0 bridgehead atoms. The van der Waals surface area contributed by atoms with Gasteiger partial charge in [0.2, 0.25) is 0 Å². The van der Waals surface area contributed by atoms with Gasteiger partial charge >= 0.3 is 6.18 Å². The Hall–Kier alpha value is -3.29. The zero-order chi connectivity index (χ0) is 26.2. The zero-order valence-electron chi connectivity index (χ0n) is 19.9. The molecule has 0 aromatic carbocycles. The maximum absolute atomic E-state index is 14.0. The number of alkyl halides is 3. The minimum atomic E-state index is -4.58. The first-order valence-electron chi connectivity index (χ1n) is 12.1. The van der Waals surface area contributed by atoms with Crippen LogP contribution in [0, 0.1) is 11.8 Å². The second kappa shape index (κ2) is 10.2. The van der Waals surface area contributed by atoms with E-state index in [4.69, 9.17) is 20.4 Å². The molecule has 4 unspecified atom stereocenters. The number of nitrogens with two attached hydrogens (primary N) is 1. The van der Waals surface area contributed by atoms with Gasteiger partial charge < -0.3 is 30.8 Å². The van der Waals surface area contributed by atoms with Crippen molar-refractivity contribution in [3.05, 3.63) is 35.9 Å². The zero-order valence-corrected chi connectivity index (χ0v) is 19.9. The number of carboxylic acid groups (broad SMARTS) is 1. The van der Waals surface area contributed by atoms with Gasteiger partial charge in [-0.2, -0.15) is 13.2 Å². The van der Waals surface area contributed by atoms with Crippen molar-refractivity contribution >= 4 is 23.3 Å². The minimum Gasteiger partial charge on any atom is -0.483 e. The lowest BCUT2D eigenvalue weighted by atomic mass is 9.92. The summed E-state index contributed by atoms with van der Waals surface area (Å²) in [7, 11) is 0. The number of hydrogen-bond acceptors (Lipinski definition) is 8. The lowest BCUT2D eigenvalue weighted by molar-refractivity contribution is -0.137. The van der Waals surface area contributed by atoms with E-state index in [-0.39, 0.29) is 30.2 Å². The van der Waals surface area contributed by atoms with Crippen LogP contribution in [0.2, 0.25) is 0 Å². The molecule has 6 rings (SSSR count). The van der Waals surface area contributed by atoms with Crippen molar-refractivity contribution in [3.8, 4) is 11.3 Å². The number of anilines is 1. The maximum Gasteiger partial charge on any atom is 0.419 e. The standard InChI is InChI=1S/C23H26F3N7O.CH2O2/c24-23(25,26)16-11-30-22(20-12-1-3-17(27)14(12)9-28-20)32-19(16)15-10-29-21-13(15)2-4-18(31-21)33-5-7-34-8-6-33;2-1-3/h2,4,10-12,14,17,20,28H,1,3,5-9,27H2,(H,29,31);1H,(H,2,3). The van der Waals surface area contributed by atoms with E-state index in [0.717, 1.165) is 44.5 Å². The van der Waals surface area contributed by atoms with E-state index in [9.17, 15) is 13.2 Å². The van der Waals surface area contributed by atoms with E-state index in [1.807, 2.05) is 6.07 Å². The maximum atomic E-state index is 14.0. The fourth-order valence-electron chi connectivity index (χ4n) is 5.66. The van der Waals surface area contributed by atoms with Gasteiger partial charge in [-0.05, 0) is 36.8 Å². The summed E-state index contributed by atoms with van der Waals surface area (Å²) in [6.45, 7) is 3.17. The average Bonchev–Trinajstić information content (AvgIpc) is 3.60. The minimum absolute atomic E-state index is 0.108. The summed E-state index contributed by atoms with van der Waals surface area (Å²) >= 11 is 0. The van der Waals surface area contributed by atoms with Gasteiger partial charge in [0.1, 0.15) is 22.9 Å². The number of hydrogen-bond donors (Lipinski definition) is 4. The van der Waals surface area contributed by atoms with Crippen molar-refractivity contribution in [1.29, 1.82) is 0 Å². The molecule has 10 nitrogen and oxygen atoms in total. The second-order valence-corrected chi connectivity index (χ2v) is 9.42. The molecule has 4 atom stereocenters. The molecule has 3 fully saturated rings. The third kappa shape index (κ3) is 4.86. The fourth-order valence-corrected chi connectivity index (χ4v) is 5.66. The van der Waals surface area contributed by atoms with Crippen LogP contribution in [0.3, 0.4) is 0 Å². The first-order chi connectivity index (χ1) is 17.8. The van der Waals surface area contributed by atoms with Gasteiger partial charge in [-0.15, -0.1) is 0 Å². The van der Waals surface area contributed by atoms with Gasteiger partial charge in [-0.1, -0.05) is 0 Å². The number of fused-ring (bicyclic) bond motifs is 2. The molecular weight excluding hydrogens is 491 g/mol. The first kappa shape index (κ1) is 25.4. The van der Waals surface area contributed by atoms with Crippen LogP contribution in [0.5, 0.6) is 0 Å². The first-order valence-corrected chi connectivity index (χ1v) is 12.1. The van der Waals surface area contributed by atoms with Crippen LogP contribution < -0.4 is 16.0 Å². The van der Waals surface area contributed by atoms with Gasteiger partial charge in [0, 0.05) is 49.0 Å². The van der Waals surface area contributed by atoms with E-state index < -0.39 is 11.7 Å². The summed E-state index contributed by atoms with van der Waals surface area (Å²) in [4.78, 5) is 26.8. The van der Waals surface area contributed by atoms with Crippen molar-refractivity contribution in [3.63, 3.8) is 0 Å². The predicted molar refractivity (Wildman–Crippen MR) is 129 cm³/mol. The average molecular weight is 520 g/mol. The Balaban J connectivity index is 0.000000892. The highest BCUT2D eigenvalue weighted by atomic mass is 19.4. The van der Waals surface area contributed by atoms with Gasteiger partial charge in [-0.3, -0.25) is 4.79 Å². The molecule has 5 heterocycles. The summed E-state index contributed by atoms with van der Waals surface area (Å²) < 4.78 is 47.3. The summed E-state index contributed by atoms with van der Waals surface area (Å²) in [5.41, 5.74) is 6.13. The van der Waals surface area contributed by atoms with Gasteiger partial charge in [0.15, 0.2) is 0 Å². The number of morpholine rings is 1. The number of H-pyrrole nitrogens is 1. The number of rotatable bonds is 3. The number of ether oxygens (including phenoxy) is 1. The van der Waals surface area contributed by atoms with Gasteiger partial charge in [0.25, 0.3) is 6.47 Å². The number of aromatic nitrogens is 4. The molecule has 0 spiro atoms. The van der Waals surface area contributed by atoms with Crippen molar-refractivity contribution in [2.75, 3.05) is 37.7 Å². The van der Waals surface area contributed by atoms with Crippen LogP contribution in [0.1, 0.15) is 30.3 Å². The molecule has 3 aromatic heterocycles. The Morgan fingerprint density at radius 2 is 1.92 bits per heavy atom. The van der Waals surface area contributed by atoms with Crippen LogP contribution in [-0.4, -0.2) is 70.4 Å². The number of nitrogens with zero attached hydrogens (tertiary/aromatic N) is 4. The molecule has 5 N–H and O–H groups in total. The van der Waals surface area contributed by atoms with E-state index in [1.54, 1.807) is 12.3 Å².